The third-order valence-electron chi connectivity index (χ3n) is 4.38. The lowest BCUT2D eigenvalue weighted by atomic mass is 9.89. The van der Waals surface area contributed by atoms with Gasteiger partial charge in [0.15, 0.2) is 0 Å². The van der Waals surface area contributed by atoms with Gasteiger partial charge in [0.2, 0.25) is 23.6 Å². The fraction of sp³-hybridized carbons (Fsp3) is 0.444. The van der Waals surface area contributed by atoms with E-state index in [0.717, 1.165) is 0 Å². The highest BCUT2D eigenvalue weighted by Gasteiger charge is 2.35. The Morgan fingerprint density at radius 3 is 2.77 bits per heavy atom. The summed E-state index contributed by atoms with van der Waals surface area (Å²) in [4.78, 5) is 26.8. The molecule has 8 heteroatoms. The minimum atomic E-state index is -0.671. The molecular formula is C18H21FN4O3. The first kappa shape index (κ1) is 18.0. The molecule has 1 N–H and O–H groups in total. The van der Waals surface area contributed by atoms with Crippen LogP contribution >= 0.6 is 0 Å². The van der Waals surface area contributed by atoms with Gasteiger partial charge in [-0.2, -0.15) is 0 Å². The largest absolute Gasteiger partial charge is 0.423 e. The molecule has 0 saturated heterocycles. The van der Waals surface area contributed by atoms with Crippen molar-refractivity contribution in [2.45, 2.75) is 52.1 Å². The molecule has 2 aromatic rings. The molecule has 0 fully saturated rings. The third-order valence-corrected chi connectivity index (χ3v) is 4.38. The van der Waals surface area contributed by atoms with E-state index < -0.39 is 11.7 Å². The molecule has 0 aliphatic carbocycles. The summed E-state index contributed by atoms with van der Waals surface area (Å²) >= 11 is 0. The Labute approximate surface area is 150 Å². The Bertz CT molecular complexity index is 834. The van der Waals surface area contributed by atoms with Crippen LogP contribution in [0, 0.1) is 5.82 Å². The van der Waals surface area contributed by atoms with E-state index >= 15 is 0 Å². The van der Waals surface area contributed by atoms with Crippen LogP contribution in [0.5, 0.6) is 0 Å². The molecule has 0 unspecified atom stereocenters. The number of rotatable bonds is 5. The van der Waals surface area contributed by atoms with Crippen molar-refractivity contribution >= 4 is 17.5 Å². The number of anilines is 1. The molecule has 1 aromatic carbocycles. The Morgan fingerprint density at radius 2 is 2.12 bits per heavy atom. The number of nitrogens with zero attached hydrogens (tertiary/aromatic N) is 3. The Morgan fingerprint density at radius 1 is 1.38 bits per heavy atom. The number of carbonyl (C=O) groups excluding carboxylic acids is 2. The minimum absolute atomic E-state index is 0.0186. The molecule has 1 aliphatic heterocycles. The normalized spacial score (nSPS) is 16.3. The average molecular weight is 360 g/mol. The summed E-state index contributed by atoms with van der Waals surface area (Å²) in [5, 5.41) is 10.5. The number of nitrogens with one attached hydrogen (secondary N) is 1. The van der Waals surface area contributed by atoms with E-state index in [1.54, 1.807) is 11.0 Å². The van der Waals surface area contributed by atoms with Gasteiger partial charge in [-0.15, -0.1) is 10.2 Å². The van der Waals surface area contributed by atoms with Gasteiger partial charge in [0.05, 0.1) is 12.5 Å². The van der Waals surface area contributed by atoms with Crippen molar-refractivity contribution in [3.05, 3.63) is 41.4 Å². The number of hydrogen-bond donors (Lipinski definition) is 1. The number of halogens is 1. The van der Waals surface area contributed by atoms with E-state index in [0.29, 0.717) is 29.5 Å². The first-order chi connectivity index (χ1) is 12.4. The zero-order chi connectivity index (χ0) is 18.8. The molecule has 2 heterocycles. The topological polar surface area (TPSA) is 88.3 Å². The Hall–Kier alpha value is -2.77. The second-order valence-electron chi connectivity index (χ2n) is 6.54. The maximum Gasteiger partial charge on any atom is 0.235 e. The Kier molecular flexibility index (Phi) is 5.01. The summed E-state index contributed by atoms with van der Waals surface area (Å²) in [6.45, 7) is 5.82. The van der Waals surface area contributed by atoms with E-state index in [1.165, 1.54) is 12.1 Å². The zero-order valence-electron chi connectivity index (χ0n) is 15.0. The number of fused-ring (bicyclic) bond motifs is 1. The van der Waals surface area contributed by atoms with E-state index in [9.17, 15) is 14.0 Å². The molecule has 1 atom stereocenters. The molecule has 0 bridgehead atoms. The first-order valence-electron chi connectivity index (χ1n) is 8.60. The van der Waals surface area contributed by atoms with Gasteiger partial charge >= 0.3 is 0 Å². The molecule has 0 radical (unpaired) electrons. The third kappa shape index (κ3) is 3.58. The maximum atomic E-state index is 13.5. The number of aromatic nitrogens is 2. The SMILES string of the molecule is CCc1nnc(CN(C(=O)[C@@H]2CC(=O)Nc3cc(F)ccc32)C(C)C)o1. The van der Waals surface area contributed by atoms with Gasteiger partial charge in [0.1, 0.15) is 5.82 Å². The van der Waals surface area contributed by atoms with Crippen LogP contribution in [0.15, 0.2) is 22.6 Å². The summed E-state index contributed by atoms with van der Waals surface area (Å²) in [5.41, 5.74) is 0.954. The summed E-state index contributed by atoms with van der Waals surface area (Å²) in [5.74, 6) is -0.807. The van der Waals surface area contributed by atoms with Gasteiger partial charge in [-0.1, -0.05) is 13.0 Å². The molecule has 0 saturated carbocycles. The first-order valence-corrected chi connectivity index (χ1v) is 8.60. The lowest BCUT2D eigenvalue weighted by Gasteiger charge is -2.32. The molecule has 1 aliphatic rings. The lowest BCUT2D eigenvalue weighted by molar-refractivity contribution is -0.137. The van der Waals surface area contributed by atoms with Crippen LogP contribution in [0.2, 0.25) is 0 Å². The van der Waals surface area contributed by atoms with Crippen LogP contribution in [0.4, 0.5) is 10.1 Å². The fourth-order valence-corrected chi connectivity index (χ4v) is 3.01. The number of amides is 2. The number of carbonyl (C=O) groups is 2. The number of hydrogen-bond acceptors (Lipinski definition) is 5. The van der Waals surface area contributed by atoms with Crippen LogP contribution in [-0.4, -0.2) is 33.0 Å². The fourth-order valence-electron chi connectivity index (χ4n) is 3.01. The maximum absolute atomic E-state index is 13.5. The lowest BCUT2D eigenvalue weighted by Crippen LogP contribution is -2.42. The molecule has 3 rings (SSSR count). The van der Waals surface area contributed by atoms with Crippen molar-refractivity contribution < 1.29 is 18.4 Å². The highest BCUT2D eigenvalue weighted by atomic mass is 19.1. The predicted molar refractivity (Wildman–Crippen MR) is 91.7 cm³/mol. The molecule has 7 nitrogen and oxygen atoms in total. The highest BCUT2D eigenvalue weighted by molar-refractivity contribution is 6.01. The van der Waals surface area contributed by atoms with Crippen LogP contribution in [-0.2, 0) is 22.6 Å². The molecule has 26 heavy (non-hydrogen) atoms. The van der Waals surface area contributed by atoms with E-state index in [-0.39, 0.29) is 30.8 Å². The van der Waals surface area contributed by atoms with Crippen molar-refractivity contribution in [3.8, 4) is 0 Å². The monoisotopic (exact) mass is 360 g/mol. The quantitative estimate of drug-likeness (QED) is 0.885. The van der Waals surface area contributed by atoms with E-state index in [2.05, 4.69) is 15.5 Å². The van der Waals surface area contributed by atoms with Gasteiger partial charge in [0.25, 0.3) is 0 Å². The predicted octanol–water partition coefficient (Wildman–Crippen LogP) is 2.63. The van der Waals surface area contributed by atoms with Gasteiger partial charge in [0, 0.05) is 24.6 Å². The molecule has 2 amide bonds. The standard InChI is InChI=1S/C18H21FN4O3/c1-4-16-21-22-17(26-16)9-23(10(2)3)18(25)13-8-15(24)20-14-7-11(19)5-6-12(13)14/h5-7,10,13H,4,8-9H2,1-3H3,(H,20,24)/t13-/m1/s1. The molecule has 1 aromatic heterocycles. The molecular weight excluding hydrogens is 339 g/mol. The summed E-state index contributed by atoms with van der Waals surface area (Å²) in [6.07, 6.45) is 0.634. The second kappa shape index (κ2) is 7.23. The van der Waals surface area contributed by atoms with Crippen molar-refractivity contribution in [1.82, 2.24) is 15.1 Å². The summed E-state index contributed by atoms with van der Waals surface area (Å²) in [6, 6.07) is 3.95. The smallest absolute Gasteiger partial charge is 0.235 e. The van der Waals surface area contributed by atoms with Crippen molar-refractivity contribution in [3.63, 3.8) is 0 Å². The van der Waals surface area contributed by atoms with Crippen LogP contribution < -0.4 is 5.32 Å². The Balaban J connectivity index is 1.88. The highest BCUT2D eigenvalue weighted by Crippen LogP contribution is 2.34. The van der Waals surface area contributed by atoms with Crippen LogP contribution in [0.1, 0.15) is 50.5 Å². The van der Waals surface area contributed by atoms with Crippen LogP contribution in [0.25, 0.3) is 0 Å². The number of benzene rings is 1. The zero-order valence-corrected chi connectivity index (χ0v) is 15.0. The van der Waals surface area contributed by atoms with E-state index in [1.807, 2.05) is 20.8 Å². The summed E-state index contributed by atoms with van der Waals surface area (Å²) < 4.78 is 19.0. The molecule has 0 spiro atoms. The van der Waals surface area contributed by atoms with Gasteiger partial charge < -0.3 is 14.6 Å². The number of aryl methyl sites for hydroxylation is 1. The van der Waals surface area contributed by atoms with Crippen LogP contribution in [0.3, 0.4) is 0 Å². The average Bonchev–Trinajstić information content (AvgIpc) is 3.05. The summed E-state index contributed by atoms with van der Waals surface area (Å²) in [7, 11) is 0. The van der Waals surface area contributed by atoms with Crippen molar-refractivity contribution in [2.75, 3.05) is 5.32 Å². The van der Waals surface area contributed by atoms with Crippen molar-refractivity contribution in [1.29, 1.82) is 0 Å². The van der Waals surface area contributed by atoms with E-state index in [4.69, 9.17) is 4.42 Å². The van der Waals surface area contributed by atoms with Gasteiger partial charge in [-0.3, -0.25) is 9.59 Å². The second-order valence-corrected chi connectivity index (χ2v) is 6.54. The van der Waals surface area contributed by atoms with Gasteiger partial charge in [-0.25, -0.2) is 4.39 Å². The van der Waals surface area contributed by atoms with Crippen molar-refractivity contribution in [2.24, 2.45) is 0 Å². The molecule has 138 valence electrons. The van der Waals surface area contributed by atoms with Gasteiger partial charge in [-0.05, 0) is 31.5 Å². The minimum Gasteiger partial charge on any atom is -0.423 e.